The second-order valence-electron chi connectivity index (χ2n) is 4.83. The van der Waals surface area contributed by atoms with Gasteiger partial charge in [-0.1, -0.05) is 46.4 Å². The third-order valence-corrected chi connectivity index (χ3v) is 4.02. The van der Waals surface area contributed by atoms with Gasteiger partial charge in [0.05, 0.1) is 7.11 Å². The van der Waals surface area contributed by atoms with E-state index in [2.05, 4.69) is 10.6 Å². The number of carbonyl (C=O) groups is 1. The Bertz CT molecular complexity index is 685. The van der Waals surface area contributed by atoms with Gasteiger partial charge >= 0.3 is 0 Å². The molecule has 1 unspecified atom stereocenters. The number of rotatable bonds is 5. The first-order valence-corrected chi connectivity index (χ1v) is 8.34. The molecule has 1 atom stereocenters. The van der Waals surface area contributed by atoms with Crippen LogP contribution in [0.1, 0.15) is 10.4 Å². The molecule has 0 bridgehead atoms. The lowest BCUT2D eigenvalue weighted by molar-refractivity contribution is 0.0942. The zero-order valence-electron chi connectivity index (χ0n) is 12.5. The SMILES string of the molecule is COc1ccc(NC(NC(=O)c2ccc(Cl)cc2)C(Cl)(Cl)Cl)cc1. The van der Waals surface area contributed by atoms with Crippen LogP contribution in [-0.2, 0) is 0 Å². The van der Waals surface area contributed by atoms with Crippen LogP contribution in [-0.4, -0.2) is 23.0 Å². The molecule has 2 N–H and O–H groups in total. The quantitative estimate of drug-likeness (QED) is 0.548. The van der Waals surface area contributed by atoms with Crippen molar-refractivity contribution in [2.24, 2.45) is 0 Å². The predicted molar refractivity (Wildman–Crippen MR) is 99.6 cm³/mol. The molecule has 2 aromatic rings. The van der Waals surface area contributed by atoms with Crippen LogP contribution in [0.15, 0.2) is 48.5 Å². The van der Waals surface area contributed by atoms with Crippen LogP contribution in [0.2, 0.25) is 5.02 Å². The van der Waals surface area contributed by atoms with Crippen molar-refractivity contribution in [3.05, 3.63) is 59.1 Å². The van der Waals surface area contributed by atoms with Gasteiger partial charge in [-0.25, -0.2) is 0 Å². The van der Waals surface area contributed by atoms with Gasteiger partial charge in [-0.2, -0.15) is 0 Å². The first-order chi connectivity index (χ1) is 11.3. The van der Waals surface area contributed by atoms with E-state index in [4.69, 9.17) is 51.1 Å². The van der Waals surface area contributed by atoms with Crippen LogP contribution >= 0.6 is 46.4 Å². The van der Waals surface area contributed by atoms with E-state index in [1.807, 2.05) is 0 Å². The lowest BCUT2D eigenvalue weighted by Crippen LogP contribution is -2.49. The topological polar surface area (TPSA) is 50.4 Å². The number of methoxy groups -OCH3 is 1. The van der Waals surface area contributed by atoms with E-state index in [9.17, 15) is 4.79 Å². The van der Waals surface area contributed by atoms with E-state index < -0.39 is 15.9 Å². The first-order valence-electron chi connectivity index (χ1n) is 6.83. The highest BCUT2D eigenvalue weighted by molar-refractivity contribution is 6.68. The van der Waals surface area contributed by atoms with Gasteiger partial charge in [-0.15, -0.1) is 0 Å². The van der Waals surface area contributed by atoms with Gasteiger partial charge < -0.3 is 15.4 Å². The fourth-order valence-corrected chi connectivity index (χ4v) is 2.32. The second kappa shape index (κ2) is 8.17. The molecule has 0 saturated carbocycles. The molecule has 0 heterocycles. The van der Waals surface area contributed by atoms with Crippen molar-refractivity contribution < 1.29 is 9.53 Å². The van der Waals surface area contributed by atoms with Crippen molar-refractivity contribution in [1.82, 2.24) is 5.32 Å². The molecular formula is C16H14Cl4N2O2. The minimum atomic E-state index is -1.76. The van der Waals surface area contributed by atoms with Crippen LogP contribution < -0.4 is 15.4 Å². The summed E-state index contributed by atoms with van der Waals surface area (Å²) in [5, 5.41) is 6.15. The highest BCUT2D eigenvalue weighted by atomic mass is 35.6. The van der Waals surface area contributed by atoms with Crippen molar-refractivity contribution in [3.63, 3.8) is 0 Å². The number of benzene rings is 2. The molecule has 0 aliphatic heterocycles. The average molecular weight is 408 g/mol. The van der Waals surface area contributed by atoms with Crippen molar-refractivity contribution in [2.75, 3.05) is 12.4 Å². The maximum Gasteiger partial charge on any atom is 0.252 e. The van der Waals surface area contributed by atoms with Crippen LogP contribution in [0.5, 0.6) is 5.75 Å². The van der Waals surface area contributed by atoms with Crippen LogP contribution in [0.3, 0.4) is 0 Å². The number of amides is 1. The summed E-state index contributed by atoms with van der Waals surface area (Å²) < 4.78 is 3.33. The van der Waals surface area contributed by atoms with E-state index in [1.165, 1.54) is 0 Å². The largest absolute Gasteiger partial charge is 0.497 e. The number of alkyl halides is 3. The van der Waals surface area contributed by atoms with Gasteiger partial charge in [-0.3, -0.25) is 4.79 Å². The Morgan fingerprint density at radius 3 is 2.12 bits per heavy atom. The number of anilines is 1. The minimum Gasteiger partial charge on any atom is -0.497 e. The number of nitrogens with one attached hydrogen (secondary N) is 2. The van der Waals surface area contributed by atoms with Crippen LogP contribution in [0.4, 0.5) is 5.69 Å². The summed E-state index contributed by atoms with van der Waals surface area (Å²) in [7, 11) is 1.57. The van der Waals surface area contributed by atoms with Gasteiger partial charge in [-0.05, 0) is 48.5 Å². The van der Waals surface area contributed by atoms with E-state index in [0.29, 0.717) is 22.0 Å². The molecule has 0 aliphatic rings. The average Bonchev–Trinajstić information content (AvgIpc) is 2.54. The van der Waals surface area contributed by atoms with E-state index in [1.54, 1.807) is 55.6 Å². The molecule has 128 valence electrons. The number of halogens is 4. The summed E-state index contributed by atoms with van der Waals surface area (Å²) in [6, 6.07) is 13.4. The zero-order valence-corrected chi connectivity index (χ0v) is 15.5. The normalized spacial score (nSPS) is 12.4. The number of hydrogen-bond acceptors (Lipinski definition) is 3. The van der Waals surface area contributed by atoms with Crippen LogP contribution in [0.25, 0.3) is 0 Å². The first kappa shape index (κ1) is 19.0. The van der Waals surface area contributed by atoms with Crippen molar-refractivity contribution >= 4 is 58.0 Å². The maximum atomic E-state index is 12.3. The van der Waals surface area contributed by atoms with Crippen molar-refractivity contribution in [2.45, 2.75) is 9.96 Å². The highest BCUT2D eigenvalue weighted by Crippen LogP contribution is 2.31. The van der Waals surface area contributed by atoms with E-state index in [-0.39, 0.29) is 0 Å². The van der Waals surface area contributed by atoms with Crippen LogP contribution in [0, 0.1) is 0 Å². The molecule has 0 fully saturated rings. The van der Waals surface area contributed by atoms with E-state index >= 15 is 0 Å². The number of ether oxygens (including phenoxy) is 1. The predicted octanol–water partition coefficient (Wildman–Crippen LogP) is 4.89. The van der Waals surface area contributed by atoms with Gasteiger partial charge in [0.1, 0.15) is 11.9 Å². The molecule has 2 aromatic carbocycles. The molecule has 1 amide bonds. The molecule has 0 spiro atoms. The van der Waals surface area contributed by atoms with Crippen molar-refractivity contribution in [3.8, 4) is 5.75 Å². The fourth-order valence-electron chi connectivity index (χ4n) is 1.87. The summed E-state index contributed by atoms with van der Waals surface area (Å²) in [5.74, 6) is 0.292. The molecule has 0 radical (unpaired) electrons. The van der Waals surface area contributed by atoms with E-state index in [0.717, 1.165) is 0 Å². The molecule has 8 heteroatoms. The van der Waals surface area contributed by atoms with Gasteiger partial charge in [0.15, 0.2) is 0 Å². The molecule has 24 heavy (non-hydrogen) atoms. The highest BCUT2D eigenvalue weighted by Gasteiger charge is 2.34. The Labute approximate surface area is 160 Å². The van der Waals surface area contributed by atoms with Crippen molar-refractivity contribution in [1.29, 1.82) is 0 Å². The van der Waals surface area contributed by atoms with Gasteiger partial charge in [0, 0.05) is 16.3 Å². The molecule has 2 rings (SSSR count). The zero-order chi connectivity index (χ0) is 17.7. The maximum absolute atomic E-state index is 12.3. The number of hydrogen-bond donors (Lipinski definition) is 2. The molecule has 0 aliphatic carbocycles. The van der Waals surface area contributed by atoms with Gasteiger partial charge in [0.25, 0.3) is 5.91 Å². The summed E-state index contributed by atoms with van der Waals surface area (Å²) in [6.45, 7) is 0. The lowest BCUT2D eigenvalue weighted by atomic mass is 10.2. The summed E-state index contributed by atoms with van der Waals surface area (Å²) in [4.78, 5) is 12.3. The summed E-state index contributed by atoms with van der Waals surface area (Å²) in [5.41, 5.74) is 1.05. The standard InChI is InChI=1S/C16H14Cl4N2O2/c1-24-13-8-6-12(7-9-13)21-15(16(18,19)20)22-14(23)10-2-4-11(17)5-3-10/h2-9,15,21H,1H3,(H,22,23). The smallest absolute Gasteiger partial charge is 0.252 e. The Morgan fingerprint density at radius 1 is 1.04 bits per heavy atom. The minimum absolute atomic E-state index is 0.398. The summed E-state index contributed by atoms with van der Waals surface area (Å²) in [6.07, 6.45) is -0.945. The molecule has 4 nitrogen and oxygen atoms in total. The summed E-state index contributed by atoms with van der Waals surface area (Å²) >= 11 is 23.7. The Balaban J connectivity index is 2.13. The second-order valence-corrected chi connectivity index (χ2v) is 7.63. The molecule has 0 aromatic heterocycles. The Kier molecular flexibility index (Phi) is 6.47. The third-order valence-electron chi connectivity index (χ3n) is 3.11. The Morgan fingerprint density at radius 2 is 1.62 bits per heavy atom. The number of carbonyl (C=O) groups excluding carboxylic acids is 1. The molecular weight excluding hydrogens is 394 g/mol. The molecule has 0 saturated heterocycles. The van der Waals surface area contributed by atoms with Gasteiger partial charge in [0.2, 0.25) is 3.79 Å². The third kappa shape index (κ3) is 5.35. The Hall–Kier alpha value is -1.33. The lowest BCUT2D eigenvalue weighted by Gasteiger charge is -2.27. The fraction of sp³-hybridized carbons (Fsp3) is 0.188. The monoisotopic (exact) mass is 406 g/mol.